The van der Waals surface area contributed by atoms with Gasteiger partial charge in [-0.2, -0.15) is 0 Å². The van der Waals surface area contributed by atoms with Crippen LogP contribution in [0.25, 0.3) is 0 Å². The highest BCUT2D eigenvalue weighted by Crippen LogP contribution is 2.58. The highest BCUT2D eigenvalue weighted by atomic mass is 14.5. The molecule has 0 aromatic carbocycles. The highest BCUT2D eigenvalue weighted by molar-refractivity contribution is 4.98. The molecule has 4 saturated carbocycles. The van der Waals surface area contributed by atoms with Crippen LogP contribution in [0, 0.1) is 34.9 Å². The number of hydrogen-bond donors (Lipinski definition) is 0. The van der Waals surface area contributed by atoms with Gasteiger partial charge in [0.1, 0.15) is 0 Å². The van der Waals surface area contributed by atoms with Crippen LogP contribution < -0.4 is 0 Å². The Kier molecular flexibility index (Phi) is 0.584. The van der Waals surface area contributed by atoms with Crippen molar-refractivity contribution in [3.05, 3.63) is 0 Å². The van der Waals surface area contributed by atoms with E-state index >= 15 is 0 Å². The van der Waals surface area contributed by atoms with Crippen molar-refractivity contribution in [3.8, 4) is 0 Å². The Bertz CT molecular complexity index is 842. The first kappa shape index (κ1) is 2.70. The summed E-state index contributed by atoms with van der Waals surface area (Å²) in [4.78, 5) is 0. The summed E-state index contributed by atoms with van der Waals surface area (Å²) in [5, 5.41) is 0. The van der Waals surface area contributed by atoms with E-state index in [0.717, 1.165) is 0 Å². The van der Waals surface area contributed by atoms with E-state index in [-0.39, 0.29) is 0 Å². The van der Waals surface area contributed by atoms with Crippen molar-refractivity contribution in [1.29, 1.82) is 0 Å². The van der Waals surface area contributed by atoms with Gasteiger partial charge < -0.3 is 0 Å². The summed E-state index contributed by atoms with van der Waals surface area (Å²) in [6, 6.07) is 0. The van der Waals surface area contributed by atoms with Gasteiger partial charge in [-0.05, 0) is 73.1 Å². The normalized spacial score (nSPS) is 108. The van der Waals surface area contributed by atoms with Crippen molar-refractivity contribution in [3.63, 3.8) is 0 Å². The fraction of sp³-hybridized carbons (Fsp3) is 1.00. The SMILES string of the molecule is [2H]C1C2([2H])C([2H])([2H])C3([2H])C([2H])([2H])C1([2H])C([2H])(C([2H])([2H])C(C)(C)C)C([2H])(C2([2H])[2H])C3([2H])[2H]. The summed E-state index contributed by atoms with van der Waals surface area (Å²) in [7, 11) is 0. The maximum atomic E-state index is 9.12. The molecule has 6 unspecified atom stereocenters. The largest absolute Gasteiger partial charge is 0.0602 e. The van der Waals surface area contributed by atoms with Gasteiger partial charge in [-0.15, -0.1) is 0 Å². The summed E-state index contributed by atoms with van der Waals surface area (Å²) in [5.74, 6) is -18.2. The van der Waals surface area contributed by atoms with Gasteiger partial charge in [-0.1, -0.05) is 20.8 Å². The van der Waals surface area contributed by atoms with E-state index < -0.39 is 73.1 Å². The Morgan fingerprint density at radius 2 is 1.80 bits per heavy atom. The first-order valence-electron chi connectivity index (χ1n) is 13.2. The molecule has 4 aliphatic carbocycles. The third kappa shape index (κ3) is 1.85. The van der Waals surface area contributed by atoms with Crippen LogP contribution in [-0.2, 0) is 0 Å². The summed E-state index contributed by atoms with van der Waals surface area (Å²) in [6.07, 6.45) is -21.0. The van der Waals surface area contributed by atoms with E-state index in [1.54, 1.807) is 0 Å². The standard InChI is InChI=1S/C15H26/c1-15(2,3)9-14-12-5-10-4-11(7-12)8-13(14)6-10/h10-14H,4-9H2,1-3H3/i4D2,5D,6D2,7D2,8D2,9D2,10D,11D,12D,13D,14D. The van der Waals surface area contributed by atoms with Gasteiger partial charge in [0.15, 0.2) is 0 Å². The van der Waals surface area contributed by atoms with Crippen LogP contribution in [0.15, 0.2) is 0 Å². The van der Waals surface area contributed by atoms with Crippen molar-refractivity contribution >= 4 is 0 Å². The average Bonchev–Trinajstić information content (AvgIpc) is 2.58. The molecule has 0 heterocycles. The van der Waals surface area contributed by atoms with E-state index in [1.165, 1.54) is 20.8 Å². The minimum absolute atomic E-state index is 1.24. The Labute approximate surface area is 117 Å². The van der Waals surface area contributed by atoms with Gasteiger partial charge in [0.05, 0.1) is 0 Å². The van der Waals surface area contributed by atoms with Crippen LogP contribution in [0.3, 0.4) is 0 Å². The van der Waals surface area contributed by atoms with Crippen molar-refractivity contribution in [1.82, 2.24) is 0 Å². The molecule has 0 aromatic heterocycles. The highest BCUT2D eigenvalue weighted by Gasteiger charge is 2.48. The van der Waals surface area contributed by atoms with Crippen LogP contribution in [0.4, 0.5) is 0 Å². The molecule has 0 amide bonds. The molecule has 4 bridgehead atoms. The molecule has 0 saturated heterocycles. The summed E-state index contributed by atoms with van der Waals surface area (Å²) < 4.78 is 138. The van der Waals surface area contributed by atoms with Crippen molar-refractivity contribution in [2.75, 3.05) is 0 Å². The van der Waals surface area contributed by atoms with E-state index in [2.05, 4.69) is 0 Å². The topological polar surface area (TPSA) is 0 Å². The van der Waals surface area contributed by atoms with Crippen LogP contribution in [0.1, 0.15) is 81.0 Å². The van der Waals surface area contributed by atoms with Crippen molar-refractivity contribution in [2.24, 2.45) is 34.9 Å². The van der Waals surface area contributed by atoms with Crippen LogP contribution >= 0.6 is 0 Å². The number of hydrogen-bond acceptors (Lipinski definition) is 0. The molecule has 0 heteroatoms. The lowest BCUT2D eigenvalue weighted by Crippen LogP contribution is -2.46. The summed E-state index contributed by atoms with van der Waals surface area (Å²) in [5.41, 5.74) is -1.68. The van der Waals surface area contributed by atoms with Gasteiger partial charge in [-0.25, -0.2) is 0 Å². The van der Waals surface area contributed by atoms with Gasteiger partial charge >= 0.3 is 0 Å². The fourth-order valence-electron chi connectivity index (χ4n) is 1.84. The maximum Gasteiger partial charge on any atom is 0.0309 e. The number of rotatable bonds is 1. The molecule has 0 nitrogen and oxygen atoms in total. The minimum Gasteiger partial charge on any atom is -0.0602 e. The maximum absolute atomic E-state index is 9.12. The molecule has 0 aromatic rings. The second-order valence-corrected chi connectivity index (χ2v) is 4.97. The molecule has 4 aliphatic rings. The zero-order valence-electron chi connectivity index (χ0n) is 25.1. The second-order valence-electron chi connectivity index (χ2n) is 4.97. The molecule has 0 N–H and O–H groups in total. The molecule has 0 spiro atoms. The van der Waals surface area contributed by atoms with Crippen LogP contribution in [0.2, 0.25) is 0 Å². The first-order valence-corrected chi connectivity index (χ1v) is 5.08. The zero-order valence-corrected chi connectivity index (χ0v) is 9.08. The Morgan fingerprint density at radius 3 is 2.53 bits per heavy atom. The molecule has 86 valence electrons. The Balaban J connectivity index is 2.71. The zero-order chi connectivity index (χ0) is 25.1. The van der Waals surface area contributed by atoms with E-state index in [4.69, 9.17) is 21.9 Å². The molecular weight excluding hydrogens is 180 g/mol. The molecule has 0 radical (unpaired) electrons. The van der Waals surface area contributed by atoms with Gasteiger partial charge in [0.2, 0.25) is 0 Å². The monoisotopic (exact) mass is 222 g/mol. The van der Waals surface area contributed by atoms with Crippen LogP contribution in [0.5, 0.6) is 0 Å². The van der Waals surface area contributed by atoms with E-state index in [0.29, 0.717) is 0 Å². The van der Waals surface area contributed by atoms with Crippen molar-refractivity contribution in [2.45, 2.75) is 59.0 Å². The lowest BCUT2D eigenvalue weighted by Gasteiger charge is -2.55. The predicted molar refractivity (Wildman–Crippen MR) is 64.6 cm³/mol. The van der Waals surface area contributed by atoms with Gasteiger partial charge in [-0.3, -0.25) is 0 Å². The molecule has 4 rings (SSSR count). The molecule has 6 atom stereocenters. The second kappa shape index (κ2) is 3.25. The first-order chi connectivity index (χ1) is 13.2. The third-order valence-electron chi connectivity index (χ3n) is 2.34. The molecule has 0 aliphatic heterocycles. The van der Waals surface area contributed by atoms with Crippen LogP contribution in [-0.4, -0.2) is 0 Å². The summed E-state index contributed by atoms with van der Waals surface area (Å²) >= 11 is 0. The summed E-state index contributed by atoms with van der Waals surface area (Å²) in [6.45, 7) is 3.73. The fourth-order valence-corrected chi connectivity index (χ4v) is 1.84. The lowest BCUT2D eigenvalue weighted by atomic mass is 9.50. The average molecular weight is 222 g/mol. The minimum atomic E-state index is -3.87. The van der Waals surface area contributed by atoms with Gasteiger partial charge in [0.25, 0.3) is 0 Å². The Hall–Kier alpha value is 0. The van der Waals surface area contributed by atoms with Gasteiger partial charge in [0, 0.05) is 21.9 Å². The third-order valence-corrected chi connectivity index (χ3v) is 2.34. The quantitative estimate of drug-likeness (QED) is 0.613. The molecule has 15 heavy (non-hydrogen) atoms. The molecular formula is C15H26. The lowest BCUT2D eigenvalue weighted by molar-refractivity contribution is -0.0510. The van der Waals surface area contributed by atoms with E-state index in [1.807, 2.05) is 0 Å². The van der Waals surface area contributed by atoms with Crippen molar-refractivity contribution < 1.29 is 21.9 Å². The predicted octanol–water partition coefficient (Wildman–Crippen LogP) is 4.49. The molecule has 4 fully saturated rings. The van der Waals surface area contributed by atoms with E-state index in [9.17, 15) is 0 Å². The Morgan fingerprint density at radius 1 is 1.13 bits per heavy atom. The smallest absolute Gasteiger partial charge is 0.0309 e.